The summed E-state index contributed by atoms with van der Waals surface area (Å²) in [6, 6.07) is 9.42. The van der Waals surface area contributed by atoms with E-state index in [1.165, 1.54) is 17.3 Å². The van der Waals surface area contributed by atoms with Crippen LogP contribution in [0.3, 0.4) is 0 Å². The van der Waals surface area contributed by atoms with E-state index in [-0.39, 0.29) is 11.3 Å². The summed E-state index contributed by atoms with van der Waals surface area (Å²) in [7, 11) is 3.88. The highest BCUT2D eigenvalue weighted by Gasteiger charge is 2.41. The van der Waals surface area contributed by atoms with Crippen molar-refractivity contribution in [2.24, 2.45) is 18.6 Å². The van der Waals surface area contributed by atoms with Crippen molar-refractivity contribution in [2.45, 2.75) is 45.1 Å². The third-order valence-electron chi connectivity index (χ3n) is 8.17. The van der Waals surface area contributed by atoms with Crippen LogP contribution in [0, 0.1) is 13.8 Å². The van der Waals surface area contributed by atoms with Gasteiger partial charge in [0.05, 0.1) is 23.1 Å². The number of hydrogen-bond acceptors (Lipinski definition) is 7. The van der Waals surface area contributed by atoms with Gasteiger partial charge in [0, 0.05) is 67.5 Å². The van der Waals surface area contributed by atoms with E-state index < -0.39 is 17.6 Å². The van der Waals surface area contributed by atoms with E-state index in [4.69, 9.17) is 11.6 Å². The highest BCUT2D eigenvalue weighted by atomic mass is 19.4. The molecule has 0 spiro atoms. The zero-order valence-corrected chi connectivity index (χ0v) is 23.5. The van der Waals surface area contributed by atoms with Gasteiger partial charge in [0.1, 0.15) is 0 Å². The molecule has 2 unspecified atom stereocenters. The Bertz CT molecular complexity index is 1500. The molecule has 41 heavy (non-hydrogen) atoms. The molecule has 3 aromatic rings. The molecule has 3 heterocycles. The van der Waals surface area contributed by atoms with Gasteiger partial charge in [-0.15, -0.1) is 0 Å². The first-order valence-corrected chi connectivity index (χ1v) is 13.4. The van der Waals surface area contributed by atoms with Gasteiger partial charge in [-0.25, -0.2) is 5.84 Å². The quantitative estimate of drug-likeness (QED) is 0.294. The predicted molar refractivity (Wildman–Crippen MR) is 153 cm³/mol. The van der Waals surface area contributed by atoms with Gasteiger partial charge < -0.3 is 16.0 Å². The Morgan fingerprint density at radius 1 is 1.15 bits per heavy atom. The average molecular weight is 569 g/mol. The molecule has 218 valence electrons. The normalized spacial score (nSPS) is 19.7. The average Bonchev–Trinajstić information content (AvgIpc) is 3.57. The van der Waals surface area contributed by atoms with Crippen molar-refractivity contribution in [2.75, 3.05) is 30.5 Å². The number of nitrogens with one attached hydrogen (secondary N) is 1. The summed E-state index contributed by atoms with van der Waals surface area (Å²) >= 11 is 0. The smallest absolute Gasteiger partial charge is 0.397 e. The van der Waals surface area contributed by atoms with Gasteiger partial charge in [-0.05, 0) is 68.8 Å². The molecule has 12 heteroatoms. The standard InChI is InChI=1S/C29H35F3N8O/c1-17-5-6-20(9-27(17)40(34)16-26(33)25-12-35-38(4)18(25)2)28(41)36-22-8-19(7-21(10-22)29(30,31)32)13-39-15-23-11-24(39)14-37(23)3/h5-10,12,16,23-24H,11,13-15,33-34H2,1-4H3,(H,36,41)/b26-16-. The van der Waals surface area contributed by atoms with Crippen LogP contribution < -0.4 is 21.9 Å². The van der Waals surface area contributed by atoms with Crippen LogP contribution in [0.25, 0.3) is 5.70 Å². The summed E-state index contributed by atoms with van der Waals surface area (Å²) < 4.78 is 43.1. The molecule has 0 saturated carbocycles. The molecule has 1 amide bonds. The fourth-order valence-electron chi connectivity index (χ4n) is 5.70. The number of hydrazine groups is 1. The molecular weight excluding hydrogens is 533 g/mol. The highest BCUT2D eigenvalue weighted by Crippen LogP contribution is 2.35. The van der Waals surface area contributed by atoms with Crippen molar-refractivity contribution in [3.63, 3.8) is 0 Å². The van der Waals surface area contributed by atoms with E-state index in [0.717, 1.165) is 42.4 Å². The Morgan fingerprint density at radius 3 is 2.51 bits per heavy atom. The first-order valence-electron chi connectivity index (χ1n) is 13.4. The summed E-state index contributed by atoms with van der Waals surface area (Å²) in [6.45, 7) is 5.83. The molecular formula is C29H35F3N8O. The number of likely N-dealkylation sites (N-methyl/N-ethyl adjacent to an activating group) is 1. The Labute approximate surface area is 237 Å². The lowest BCUT2D eigenvalue weighted by Crippen LogP contribution is -2.43. The van der Waals surface area contributed by atoms with Crippen molar-refractivity contribution in [1.82, 2.24) is 19.6 Å². The minimum atomic E-state index is -4.55. The van der Waals surface area contributed by atoms with Crippen molar-refractivity contribution < 1.29 is 18.0 Å². The molecule has 0 radical (unpaired) electrons. The number of alkyl halides is 3. The lowest BCUT2D eigenvalue weighted by Gasteiger charge is -2.32. The number of aryl methyl sites for hydroxylation is 2. The largest absolute Gasteiger partial charge is 0.416 e. The topological polar surface area (TPSA) is 109 Å². The first kappa shape index (κ1) is 28.7. The van der Waals surface area contributed by atoms with Crippen molar-refractivity contribution in [1.29, 1.82) is 0 Å². The van der Waals surface area contributed by atoms with Crippen LogP contribution in [-0.2, 0) is 19.8 Å². The number of likely N-dealkylation sites (tertiary alicyclic amines) is 2. The van der Waals surface area contributed by atoms with Crippen LogP contribution >= 0.6 is 0 Å². The monoisotopic (exact) mass is 568 g/mol. The molecule has 2 bridgehead atoms. The molecule has 0 aliphatic carbocycles. The van der Waals surface area contributed by atoms with E-state index in [2.05, 4.69) is 27.3 Å². The molecule has 5 rings (SSSR count). The number of piperazine rings is 1. The molecule has 2 aliphatic rings. The maximum atomic E-state index is 13.8. The summed E-state index contributed by atoms with van der Waals surface area (Å²) in [4.78, 5) is 17.7. The van der Waals surface area contributed by atoms with E-state index in [1.807, 2.05) is 13.8 Å². The SMILES string of the molecule is Cc1ccc(C(=O)Nc2cc(CN3CC4CC3CN4C)cc(C(F)(F)F)c2)cc1N(N)/C=C(\N)c1cnn(C)c1C. The number of halogens is 3. The maximum absolute atomic E-state index is 13.8. The number of fused-ring (bicyclic) bond motifs is 2. The van der Waals surface area contributed by atoms with Crippen LogP contribution in [0.4, 0.5) is 24.5 Å². The number of nitrogens with two attached hydrogens (primary N) is 2. The number of amides is 1. The van der Waals surface area contributed by atoms with E-state index in [9.17, 15) is 18.0 Å². The van der Waals surface area contributed by atoms with Crippen molar-refractivity contribution in [3.8, 4) is 0 Å². The number of anilines is 2. The lowest BCUT2D eigenvalue weighted by molar-refractivity contribution is -0.137. The van der Waals surface area contributed by atoms with Gasteiger partial charge in [-0.3, -0.25) is 19.4 Å². The van der Waals surface area contributed by atoms with E-state index in [1.54, 1.807) is 42.2 Å². The van der Waals surface area contributed by atoms with Gasteiger partial charge in [0.2, 0.25) is 0 Å². The predicted octanol–water partition coefficient (Wildman–Crippen LogP) is 3.83. The highest BCUT2D eigenvalue weighted by molar-refractivity contribution is 6.05. The zero-order chi connectivity index (χ0) is 29.6. The number of benzene rings is 2. The number of hydrogen-bond donors (Lipinski definition) is 3. The summed E-state index contributed by atoms with van der Waals surface area (Å²) in [6.07, 6.45) is -0.344. The van der Waals surface area contributed by atoms with Crippen LogP contribution in [0.5, 0.6) is 0 Å². The fourth-order valence-corrected chi connectivity index (χ4v) is 5.70. The molecule has 2 aromatic carbocycles. The third-order valence-corrected chi connectivity index (χ3v) is 8.17. The fraction of sp³-hybridized carbons (Fsp3) is 0.379. The van der Waals surface area contributed by atoms with Crippen LogP contribution in [0.15, 0.2) is 48.8 Å². The van der Waals surface area contributed by atoms with Gasteiger partial charge >= 0.3 is 6.18 Å². The second-order valence-electron chi connectivity index (χ2n) is 11.0. The van der Waals surface area contributed by atoms with Gasteiger partial charge in [-0.1, -0.05) is 6.07 Å². The van der Waals surface area contributed by atoms with E-state index in [0.29, 0.717) is 35.6 Å². The first-order chi connectivity index (χ1) is 19.3. The van der Waals surface area contributed by atoms with Crippen molar-refractivity contribution in [3.05, 3.63) is 82.3 Å². The summed E-state index contributed by atoms with van der Waals surface area (Å²) in [5, 5.41) is 8.17. The number of carbonyl (C=O) groups is 1. The second-order valence-corrected chi connectivity index (χ2v) is 11.0. The number of nitrogens with zero attached hydrogens (tertiary/aromatic N) is 5. The second kappa shape index (κ2) is 10.8. The molecule has 2 aliphatic heterocycles. The minimum Gasteiger partial charge on any atom is -0.397 e. The van der Waals surface area contributed by atoms with Gasteiger partial charge in [-0.2, -0.15) is 18.3 Å². The molecule has 2 atom stereocenters. The molecule has 5 N–H and O–H groups in total. The Kier molecular flexibility index (Phi) is 7.58. The number of carbonyl (C=O) groups excluding carboxylic acids is 1. The molecule has 2 saturated heterocycles. The summed E-state index contributed by atoms with van der Waals surface area (Å²) in [5.74, 6) is 5.75. The van der Waals surface area contributed by atoms with Gasteiger partial charge in [0.25, 0.3) is 5.91 Å². The molecule has 9 nitrogen and oxygen atoms in total. The zero-order valence-electron chi connectivity index (χ0n) is 23.5. The summed E-state index contributed by atoms with van der Waals surface area (Å²) in [5.41, 5.74) is 9.57. The Balaban J connectivity index is 1.36. The van der Waals surface area contributed by atoms with Gasteiger partial charge in [0.15, 0.2) is 0 Å². The third kappa shape index (κ3) is 5.95. The minimum absolute atomic E-state index is 0.0872. The lowest BCUT2D eigenvalue weighted by atomic mass is 10.1. The van der Waals surface area contributed by atoms with Crippen LogP contribution in [-0.4, -0.2) is 57.7 Å². The number of rotatable bonds is 7. The maximum Gasteiger partial charge on any atom is 0.416 e. The Morgan fingerprint density at radius 2 is 1.90 bits per heavy atom. The molecule has 1 aromatic heterocycles. The Hall–Kier alpha value is -3.87. The van der Waals surface area contributed by atoms with Crippen LogP contribution in [0.1, 0.15) is 44.7 Å². The van der Waals surface area contributed by atoms with E-state index >= 15 is 0 Å². The van der Waals surface area contributed by atoms with Crippen molar-refractivity contribution >= 4 is 23.0 Å². The van der Waals surface area contributed by atoms with Crippen LogP contribution in [0.2, 0.25) is 0 Å². The molecule has 2 fully saturated rings. The number of aromatic nitrogens is 2.